The number of nitrogens with zero attached hydrogens (tertiary/aromatic N) is 4. The predicted molar refractivity (Wildman–Crippen MR) is 178 cm³/mol. The minimum Gasteiger partial charge on any atom is -0.353 e. The first kappa shape index (κ1) is 29.9. The van der Waals surface area contributed by atoms with Crippen molar-refractivity contribution in [2.45, 2.75) is 13.0 Å². The van der Waals surface area contributed by atoms with E-state index in [0.717, 1.165) is 22.7 Å². The molecule has 1 amide bonds. The van der Waals surface area contributed by atoms with Crippen LogP contribution in [0.3, 0.4) is 0 Å². The molecule has 2 aromatic carbocycles. The Balaban J connectivity index is 1.20. The Bertz CT molecular complexity index is 2390. The van der Waals surface area contributed by atoms with Gasteiger partial charge in [0.05, 0.1) is 47.2 Å². The number of hydrogen-bond acceptors (Lipinski definition) is 7. The number of nitrogens with one attached hydrogen (secondary N) is 4. The number of anilines is 1. The van der Waals surface area contributed by atoms with Gasteiger partial charge in [0.25, 0.3) is 0 Å². The number of amides is 1. The zero-order valence-corrected chi connectivity index (χ0v) is 25.8. The molecule has 0 fully saturated rings. The second-order valence-corrected chi connectivity index (χ2v) is 12.9. The Morgan fingerprint density at radius 1 is 0.894 bits per heavy atom. The van der Waals surface area contributed by atoms with E-state index in [9.17, 15) is 17.6 Å². The van der Waals surface area contributed by atoms with E-state index in [4.69, 9.17) is 4.98 Å². The van der Waals surface area contributed by atoms with E-state index in [1.165, 1.54) is 12.1 Å². The van der Waals surface area contributed by atoms with Crippen LogP contribution in [-0.2, 0) is 27.8 Å². The van der Waals surface area contributed by atoms with Crippen molar-refractivity contribution in [1.82, 2.24) is 34.9 Å². The number of halogens is 1. The first-order valence-electron chi connectivity index (χ1n) is 14.6. The summed E-state index contributed by atoms with van der Waals surface area (Å²) in [7, 11) is -3.46. The van der Waals surface area contributed by atoms with Gasteiger partial charge in [0.1, 0.15) is 17.0 Å². The van der Waals surface area contributed by atoms with Gasteiger partial charge in [-0.15, -0.1) is 0 Å². The number of rotatable bonds is 9. The van der Waals surface area contributed by atoms with Crippen LogP contribution in [0.2, 0.25) is 0 Å². The Kier molecular flexibility index (Phi) is 7.75. The van der Waals surface area contributed by atoms with Gasteiger partial charge in [0, 0.05) is 41.0 Å². The average Bonchev–Trinajstić information content (AvgIpc) is 3.68. The van der Waals surface area contributed by atoms with Crippen molar-refractivity contribution in [1.29, 1.82) is 0 Å². The van der Waals surface area contributed by atoms with Gasteiger partial charge in [0.2, 0.25) is 15.9 Å². The van der Waals surface area contributed by atoms with Crippen molar-refractivity contribution in [3.05, 3.63) is 114 Å². The molecule has 5 heterocycles. The van der Waals surface area contributed by atoms with E-state index >= 15 is 0 Å². The maximum absolute atomic E-state index is 14.6. The summed E-state index contributed by atoms with van der Waals surface area (Å²) in [5.41, 5.74) is 7.63. The summed E-state index contributed by atoms with van der Waals surface area (Å²) in [6.07, 6.45) is 6.19. The summed E-state index contributed by atoms with van der Waals surface area (Å²) >= 11 is 0. The molecular weight excluding hydrogens is 619 g/mol. The second-order valence-electron chi connectivity index (χ2n) is 11.1. The molecule has 4 N–H and O–H groups in total. The van der Waals surface area contributed by atoms with Gasteiger partial charge in [-0.2, -0.15) is 5.10 Å². The number of pyridine rings is 3. The third-order valence-corrected chi connectivity index (χ3v) is 8.17. The summed E-state index contributed by atoms with van der Waals surface area (Å²) in [6.45, 7) is -0.0519. The number of benzene rings is 2. The zero-order valence-electron chi connectivity index (χ0n) is 25.0. The number of carbonyl (C=O) groups excluding carboxylic acids is 1. The molecule has 0 aliphatic carbocycles. The molecule has 0 spiro atoms. The maximum Gasteiger partial charge on any atom is 0.228 e. The van der Waals surface area contributed by atoms with E-state index in [-0.39, 0.29) is 18.9 Å². The largest absolute Gasteiger partial charge is 0.353 e. The topological polar surface area (TPSA) is 158 Å². The molecule has 7 rings (SSSR count). The van der Waals surface area contributed by atoms with Gasteiger partial charge >= 0.3 is 0 Å². The van der Waals surface area contributed by atoms with E-state index in [1.807, 2.05) is 60.7 Å². The molecular formula is C34H27FN8O3S. The van der Waals surface area contributed by atoms with E-state index < -0.39 is 15.8 Å². The molecule has 0 atom stereocenters. The van der Waals surface area contributed by atoms with Crippen LogP contribution in [0.25, 0.3) is 55.8 Å². The molecule has 0 radical (unpaired) electrons. The lowest BCUT2D eigenvalue weighted by atomic mass is 10.0. The molecule has 0 aliphatic rings. The lowest BCUT2D eigenvalue weighted by Crippen LogP contribution is -2.21. The molecule has 13 heteroatoms. The van der Waals surface area contributed by atoms with Crippen molar-refractivity contribution in [3.8, 4) is 33.9 Å². The van der Waals surface area contributed by atoms with E-state index in [0.29, 0.717) is 56.2 Å². The number of hydrogen-bond donors (Lipinski definition) is 4. The van der Waals surface area contributed by atoms with Gasteiger partial charge in [-0.05, 0) is 59.7 Å². The molecule has 0 unspecified atom stereocenters. The van der Waals surface area contributed by atoms with Crippen LogP contribution < -0.4 is 10.0 Å². The summed E-state index contributed by atoms with van der Waals surface area (Å²) in [6, 6.07) is 23.1. The van der Waals surface area contributed by atoms with Crippen LogP contribution in [0.5, 0.6) is 0 Å². The summed E-state index contributed by atoms with van der Waals surface area (Å²) in [4.78, 5) is 29.8. The fourth-order valence-electron chi connectivity index (χ4n) is 5.40. The molecule has 234 valence electrons. The van der Waals surface area contributed by atoms with Crippen molar-refractivity contribution < 1.29 is 17.6 Å². The molecule has 0 saturated heterocycles. The number of sulfonamides is 1. The Morgan fingerprint density at radius 3 is 2.57 bits per heavy atom. The molecule has 7 aromatic rings. The third-order valence-electron chi connectivity index (χ3n) is 7.51. The Morgan fingerprint density at radius 2 is 1.74 bits per heavy atom. The minimum atomic E-state index is -3.46. The number of aromatic amines is 2. The molecule has 11 nitrogen and oxygen atoms in total. The number of carbonyl (C=O) groups is 1. The highest BCUT2D eigenvalue weighted by molar-refractivity contribution is 7.88. The quantitative estimate of drug-likeness (QED) is 0.159. The van der Waals surface area contributed by atoms with E-state index in [1.54, 1.807) is 24.7 Å². The average molecular weight is 647 g/mol. The molecule has 5 aromatic heterocycles. The van der Waals surface area contributed by atoms with Gasteiger partial charge in [-0.25, -0.2) is 22.5 Å². The highest BCUT2D eigenvalue weighted by atomic mass is 32.2. The Labute approximate surface area is 268 Å². The molecule has 0 aliphatic heterocycles. The zero-order chi connectivity index (χ0) is 32.5. The highest BCUT2D eigenvalue weighted by Crippen LogP contribution is 2.34. The summed E-state index contributed by atoms with van der Waals surface area (Å²) in [5.74, 6) is -0.657. The van der Waals surface area contributed by atoms with Crippen LogP contribution in [0.15, 0.2) is 97.5 Å². The van der Waals surface area contributed by atoms with E-state index in [2.05, 4.69) is 35.2 Å². The monoisotopic (exact) mass is 646 g/mol. The lowest BCUT2D eigenvalue weighted by molar-refractivity contribution is -0.115. The fraction of sp³-hybridized carbons (Fsp3) is 0.0882. The number of aromatic nitrogens is 6. The van der Waals surface area contributed by atoms with Crippen LogP contribution in [0, 0.1) is 5.82 Å². The summed E-state index contributed by atoms with van der Waals surface area (Å²) < 4.78 is 40.2. The van der Waals surface area contributed by atoms with Crippen molar-refractivity contribution in [2.24, 2.45) is 0 Å². The van der Waals surface area contributed by atoms with Crippen molar-refractivity contribution >= 4 is 43.6 Å². The lowest BCUT2D eigenvalue weighted by Gasteiger charge is -2.08. The number of fused-ring (bicyclic) bond motifs is 2. The normalized spacial score (nSPS) is 11.7. The van der Waals surface area contributed by atoms with Crippen LogP contribution in [0.4, 0.5) is 10.1 Å². The van der Waals surface area contributed by atoms with Crippen LogP contribution in [-0.4, -0.2) is 50.7 Å². The standard InChI is InChI=1S/C34H27FN8O3S/c1-47(45,46)38-17-21-11-22(14-24(35)12-21)32-26-16-30(40-28(26)9-10-37-32)34-33-29(42-43-34)8-7-27(41-33)23-15-25(19-36-18-23)39-31(44)13-20-5-3-2-4-6-20/h2-12,14-16,18-19,38,40H,13,17H2,1H3,(H,39,44)(H,42,43). The Hall–Kier alpha value is -5.79. The van der Waals surface area contributed by atoms with Gasteiger partial charge in [-0.3, -0.25) is 19.9 Å². The van der Waals surface area contributed by atoms with Crippen LogP contribution in [0.1, 0.15) is 11.1 Å². The fourth-order valence-corrected chi connectivity index (χ4v) is 5.83. The molecule has 0 bridgehead atoms. The highest BCUT2D eigenvalue weighted by Gasteiger charge is 2.17. The van der Waals surface area contributed by atoms with Gasteiger partial charge in [0.15, 0.2) is 0 Å². The molecule has 47 heavy (non-hydrogen) atoms. The number of H-pyrrole nitrogens is 2. The van der Waals surface area contributed by atoms with Gasteiger partial charge in [-0.1, -0.05) is 30.3 Å². The summed E-state index contributed by atoms with van der Waals surface area (Å²) in [5, 5.41) is 11.2. The maximum atomic E-state index is 14.6. The first-order chi connectivity index (χ1) is 22.7. The SMILES string of the molecule is CS(=O)(=O)NCc1cc(F)cc(-c2nccc3[nH]c(-c4n[nH]c5ccc(-c6cncc(NC(=O)Cc7ccccc7)c6)nc45)cc23)c1. The van der Waals surface area contributed by atoms with Crippen LogP contribution >= 0.6 is 0 Å². The molecule has 0 saturated carbocycles. The third kappa shape index (κ3) is 6.61. The van der Waals surface area contributed by atoms with Crippen molar-refractivity contribution in [3.63, 3.8) is 0 Å². The minimum absolute atomic E-state index is 0.0519. The first-order valence-corrected chi connectivity index (χ1v) is 16.4. The van der Waals surface area contributed by atoms with Gasteiger partial charge < -0.3 is 10.3 Å². The smallest absolute Gasteiger partial charge is 0.228 e. The second kappa shape index (κ2) is 12.2. The van der Waals surface area contributed by atoms with Crippen molar-refractivity contribution in [2.75, 3.05) is 11.6 Å². The predicted octanol–water partition coefficient (Wildman–Crippen LogP) is 5.60.